The number of nitrogens with zero attached hydrogens (tertiary/aromatic N) is 1. The second kappa shape index (κ2) is 6.50. The highest BCUT2D eigenvalue weighted by atomic mass is 32.2. The molecule has 1 aliphatic heterocycles. The first-order chi connectivity index (χ1) is 11.0. The minimum atomic E-state index is -0.404. The molecule has 0 aliphatic carbocycles. The number of amides is 2. The number of hydrogen-bond acceptors (Lipinski definition) is 4. The molecule has 2 heterocycles. The van der Waals surface area contributed by atoms with Gasteiger partial charge in [-0.15, -0.1) is 11.8 Å². The van der Waals surface area contributed by atoms with Gasteiger partial charge in [0.1, 0.15) is 11.5 Å². The number of fused-ring (bicyclic) bond motifs is 1. The number of nitrogens with one attached hydrogen (secondary N) is 1. The lowest BCUT2D eigenvalue weighted by molar-refractivity contribution is -0.132. The standard InChI is InChI=1S/C17H18N2O3S/c1-11-7-8-12(22-11)10-19(2)16(20)9-15-17(21)18-13-5-3-4-6-14(13)23-15/h3-8,15H,9-10H2,1-2H3,(H,18,21)/t15-/m0/s1. The van der Waals surface area contributed by atoms with Crippen molar-refractivity contribution in [2.75, 3.05) is 12.4 Å². The first kappa shape index (κ1) is 15.7. The highest BCUT2D eigenvalue weighted by Crippen LogP contribution is 2.36. The van der Waals surface area contributed by atoms with Gasteiger partial charge >= 0.3 is 0 Å². The number of furan rings is 1. The summed E-state index contributed by atoms with van der Waals surface area (Å²) in [6.07, 6.45) is 0.168. The minimum absolute atomic E-state index is 0.0777. The molecule has 2 amide bonds. The van der Waals surface area contributed by atoms with Gasteiger partial charge in [-0.3, -0.25) is 9.59 Å². The maximum Gasteiger partial charge on any atom is 0.238 e. The van der Waals surface area contributed by atoms with Crippen LogP contribution in [0, 0.1) is 6.92 Å². The fraction of sp³-hybridized carbons (Fsp3) is 0.294. The van der Waals surface area contributed by atoms with Gasteiger partial charge < -0.3 is 14.6 Å². The summed E-state index contributed by atoms with van der Waals surface area (Å²) < 4.78 is 5.48. The fourth-order valence-electron chi connectivity index (χ4n) is 2.43. The van der Waals surface area contributed by atoms with E-state index < -0.39 is 5.25 Å². The molecule has 0 bridgehead atoms. The number of aryl methyl sites for hydroxylation is 1. The summed E-state index contributed by atoms with van der Waals surface area (Å²) in [7, 11) is 1.72. The Morgan fingerprint density at radius 2 is 2.09 bits per heavy atom. The minimum Gasteiger partial charge on any atom is -0.464 e. The van der Waals surface area contributed by atoms with Crippen molar-refractivity contribution in [3.8, 4) is 0 Å². The molecule has 0 fully saturated rings. The molecule has 0 radical (unpaired) electrons. The first-order valence-electron chi connectivity index (χ1n) is 7.39. The molecule has 120 valence electrons. The summed E-state index contributed by atoms with van der Waals surface area (Å²) in [4.78, 5) is 27.1. The van der Waals surface area contributed by atoms with Crippen molar-refractivity contribution < 1.29 is 14.0 Å². The molecule has 0 saturated heterocycles. The Kier molecular flexibility index (Phi) is 4.43. The van der Waals surface area contributed by atoms with Crippen LogP contribution in [0.3, 0.4) is 0 Å². The maximum absolute atomic E-state index is 12.4. The van der Waals surface area contributed by atoms with E-state index in [0.29, 0.717) is 6.54 Å². The van der Waals surface area contributed by atoms with Crippen LogP contribution in [0.15, 0.2) is 45.7 Å². The predicted octanol–water partition coefficient (Wildman–Crippen LogP) is 3.05. The van der Waals surface area contributed by atoms with Crippen molar-refractivity contribution in [3.05, 3.63) is 47.9 Å². The Morgan fingerprint density at radius 1 is 1.30 bits per heavy atom. The molecule has 1 atom stereocenters. The lowest BCUT2D eigenvalue weighted by Gasteiger charge is -2.25. The average molecular weight is 330 g/mol. The second-order valence-electron chi connectivity index (χ2n) is 5.56. The second-order valence-corrected chi connectivity index (χ2v) is 6.80. The molecule has 23 heavy (non-hydrogen) atoms. The largest absolute Gasteiger partial charge is 0.464 e. The van der Waals surface area contributed by atoms with Crippen LogP contribution >= 0.6 is 11.8 Å². The molecule has 1 aliphatic rings. The Labute approximate surface area is 139 Å². The molecule has 0 unspecified atom stereocenters. The Hall–Kier alpha value is -2.21. The Bertz CT molecular complexity index is 741. The van der Waals surface area contributed by atoms with Crippen molar-refractivity contribution in [3.63, 3.8) is 0 Å². The average Bonchev–Trinajstić information content (AvgIpc) is 2.93. The molecule has 2 aromatic rings. The molecule has 5 nitrogen and oxygen atoms in total. The third-order valence-electron chi connectivity index (χ3n) is 3.68. The lowest BCUT2D eigenvalue weighted by atomic mass is 10.2. The van der Waals surface area contributed by atoms with Gasteiger partial charge in [0, 0.05) is 18.4 Å². The van der Waals surface area contributed by atoms with Crippen molar-refractivity contribution in [2.24, 2.45) is 0 Å². The summed E-state index contributed by atoms with van der Waals surface area (Å²) in [5.41, 5.74) is 0.811. The third kappa shape index (κ3) is 3.59. The van der Waals surface area contributed by atoms with E-state index in [0.717, 1.165) is 22.1 Å². The predicted molar refractivity (Wildman–Crippen MR) is 89.3 cm³/mol. The van der Waals surface area contributed by atoms with Crippen LogP contribution in [0.2, 0.25) is 0 Å². The molecule has 1 aromatic carbocycles. The van der Waals surface area contributed by atoms with Gasteiger partial charge in [0.25, 0.3) is 0 Å². The van der Waals surface area contributed by atoms with E-state index in [2.05, 4.69) is 5.32 Å². The Balaban J connectivity index is 1.62. The van der Waals surface area contributed by atoms with Crippen molar-refractivity contribution in [1.82, 2.24) is 4.90 Å². The van der Waals surface area contributed by atoms with E-state index in [4.69, 9.17) is 4.42 Å². The number of para-hydroxylation sites is 1. The molecular weight excluding hydrogens is 312 g/mol. The van der Waals surface area contributed by atoms with E-state index in [-0.39, 0.29) is 18.2 Å². The topological polar surface area (TPSA) is 62.6 Å². The quantitative estimate of drug-likeness (QED) is 0.936. The van der Waals surface area contributed by atoms with Crippen LogP contribution in [0.25, 0.3) is 0 Å². The van der Waals surface area contributed by atoms with Crippen LogP contribution in [0.1, 0.15) is 17.9 Å². The summed E-state index contributed by atoms with van der Waals surface area (Å²) in [5, 5.41) is 2.45. The van der Waals surface area contributed by atoms with Crippen LogP contribution < -0.4 is 5.32 Å². The number of carbonyl (C=O) groups excluding carboxylic acids is 2. The van der Waals surface area contributed by atoms with Crippen LogP contribution in [-0.2, 0) is 16.1 Å². The normalized spacial score (nSPS) is 16.6. The number of benzene rings is 1. The summed E-state index contributed by atoms with van der Waals surface area (Å²) in [6.45, 7) is 2.27. The van der Waals surface area contributed by atoms with Crippen molar-refractivity contribution in [1.29, 1.82) is 0 Å². The van der Waals surface area contributed by atoms with Gasteiger partial charge in [0.05, 0.1) is 17.5 Å². The summed E-state index contributed by atoms with van der Waals surface area (Å²) in [5.74, 6) is 1.36. The number of rotatable bonds is 4. The monoisotopic (exact) mass is 330 g/mol. The highest BCUT2D eigenvalue weighted by Gasteiger charge is 2.29. The molecule has 1 N–H and O–H groups in total. The summed E-state index contributed by atoms with van der Waals surface area (Å²) >= 11 is 1.44. The van der Waals surface area contributed by atoms with Crippen LogP contribution in [0.4, 0.5) is 5.69 Å². The highest BCUT2D eigenvalue weighted by molar-refractivity contribution is 8.01. The van der Waals surface area contributed by atoms with Crippen molar-refractivity contribution in [2.45, 2.75) is 30.0 Å². The number of anilines is 1. The van der Waals surface area contributed by atoms with E-state index in [1.807, 2.05) is 43.3 Å². The summed E-state index contributed by atoms with van der Waals surface area (Å²) in [6, 6.07) is 11.3. The number of carbonyl (C=O) groups is 2. The van der Waals surface area contributed by atoms with Gasteiger partial charge in [0.2, 0.25) is 11.8 Å². The van der Waals surface area contributed by atoms with Crippen molar-refractivity contribution >= 4 is 29.3 Å². The SMILES string of the molecule is Cc1ccc(CN(C)C(=O)C[C@@H]2Sc3ccccc3NC2=O)o1. The van der Waals surface area contributed by atoms with Crippen LogP contribution in [0.5, 0.6) is 0 Å². The molecule has 6 heteroatoms. The molecule has 0 spiro atoms. The van der Waals surface area contributed by atoms with Crippen LogP contribution in [-0.4, -0.2) is 29.0 Å². The zero-order valence-electron chi connectivity index (χ0n) is 13.0. The van der Waals surface area contributed by atoms with Gasteiger partial charge in [0.15, 0.2) is 0 Å². The molecular formula is C17H18N2O3S. The molecule has 3 rings (SSSR count). The fourth-order valence-corrected chi connectivity index (χ4v) is 3.54. The smallest absolute Gasteiger partial charge is 0.238 e. The Morgan fingerprint density at radius 3 is 2.83 bits per heavy atom. The maximum atomic E-state index is 12.4. The van der Waals surface area contributed by atoms with E-state index >= 15 is 0 Å². The third-order valence-corrected chi connectivity index (χ3v) is 4.96. The molecule has 1 aromatic heterocycles. The van der Waals surface area contributed by atoms with Gasteiger partial charge in [-0.05, 0) is 31.2 Å². The van der Waals surface area contributed by atoms with Gasteiger partial charge in [-0.1, -0.05) is 12.1 Å². The number of thioether (sulfide) groups is 1. The lowest BCUT2D eigenvalue weighted by Crippen LogP contribution is -2.35. The van der Waals surface area contributed by atoms with E-state index in [9.17, 15) is 9.59 Å². The number of hydrogen-bond donors (Lipinski definition) is 1. The van der Waals surface area contributed by atoms with Gasteiger partial charge in [-0.2, -0.15) is 0 Å². The first-order valence-corrected chi connectivity index (χ1v) is 8.27. The molecule has 0 saturated carbocycles. The van der Waals surface area contributed by atoms with Gasteiger partial charge in [-0.25, -0.2) is 0 Å². The van der Waals surface area contributed by atoms with E-state index in [1.54, 1.807) is 11.9 Å². The zero-order valence-corrected chi connectivity index (χ0v) is 13.9. The zero-order chi connectivity index (χ0) is 16.4. The van der Waals surface area contributed by atoms with E-state index in [1.165, 1.54) is 11.8 Å².